The maximum atomic E-state index is 6.49. The summed E-state index contributed by atoms with van der Waals surface area (Å²) in [7, 11) is 0. The number of furan rings is 1. The van der Waals surface area contributed by atoms with Crippen molar-refractivity contribution < 1.29 is 4.42 Å². The van der Waals surface area contributed by atoms with Gasteiger partial charge < -0.3 is 4.42 Å². The van der Waals surface area contributed by atoms with E-state index in [9.17, 15) is 0 Å². The molecule has 0 unspecified atom stereocenters. The van der Waals surface area contributed by atoms with Gasteiger partial charge in [0, 0.05) is 30.9 Å². The number of hydrogen-bond acceptors (Lipinski definition) is 2. The van der Waals surface area contributed by atoms with Crippen LogP contribution in [0.4, 0.5) is 0 Å². The minimum Gasteiger partial charge on any atom is -0.456 e. The molecule has 0 amide bonds. The molecule has 0 N–H and O–H groups in total. The van der Waals surface area contributed by atoms with Gasteiger partial charge in [0.2, 0.25) is 0 Å². The van der Waals surface area contributed by atoms with Crippen molar-refractivity contribution >= 4 is 96.5 Å². The van der Waals surface area contributed by atoms with E-state index in [2.05, 4.69) is 206 Å². The Kier molecular flexibility index (Phi) is 7.24. The van der Waals surface area contributed by atoms with E-state index in [0.717, 1.165) is 16.6 Å². The van der Waals surface area contributed by atoms with Crippen LogP contribution >= 0.6 is 11.3 Å². The third-order valence-corrected chi connectivity index (χ3v) is 13.8. The number of hydrogen-bond donors (Lipinski definition) is 0. The lowest BCUT2D eigenvalue weighted by Crippen LogP contribution is -1.91. The zero-order valence-electron chi connectivity index (χ0n) is 32.4. The maximum Gasteiger partial charge on any atom is 0.136 e. The Hall–Kier alpha value is -7.52. The van der Waals surface area contributed by atoms with Crippen LogP contribution in [-0.4, -0.2) is 0 Å². The van der Waals surface area contributed by atoms with Crippen molar-refractivity contribution in [3.8, 4) is 44.5 Å². The predicted molar refractivity (Wildman–Crippen MR) is 258 cm³/mol. The molecule has 0 aliphatic heterocycles. The molecular formula is C58H34OS. The lowest BCUT2D eigenvalue weighted by Gasteiger charge is -2.18. The van der Waals surface area contributed by atoms with Gasteiger partial charge in [-0.25, -0.2) is 0 Å². The molecule has 13 aromatic rings. The molecular weight excluding hydrogens is 745 g/mol. The summed E-state index contributed by atoms with van der Waals surface area (Å²) in [5, 5.41) is 14.8. The second-order valence-corrected chi connectivity index (χ2v) is 17.1. The first kappa shape index (κ1) is 33.5. The zero-order valence-corrected chi connectivity index (χ0v) is 33.3. The molecule has 2 aromatic heterocycles. The van der Waals surface area contributed by atoms with Crippen molar-refractivity contribution in [2.45, 2.75) is 0 Å². The largest absolute Gasteiger partial charge is 0.456 e. The van der Waals surface area contributed by atoms with Gasteiger partial charge in [0.25, 0.3) is 0 Å². The van der Waals surface area contributed by atoms with Gasteiger partial charge in [-0.1, -0.05) is 164 Å². The Morgan fingerprint density at radius 3 is 1.33 bits per heavy atom. The van der Waals surface area contributed by atoms with Gasteiger partial charge in [0.05, 0.1) is 0 Å². The van der Waals surface area contributed by atoms with E-state index >= 15 is 0 Å². The molecule has 0 fully saturated rings. The van der Waals surface area contributed by atoms with Crippen LogP contribution in [0.25, 0.3) is 130 Å². The van der Waals surface area contributed by atoms with Crippen molar-refractivity contribution in [3.63, 3.8) is 0 Å². The summed E-state index contributed by atoms with van der Waals surface area (Å²) in [6, 6.07) is 75.9. The van der Waals surface area contributed by atoms with Gasteiger partial charge in [-0.2, -0.15) is 0 Å². The highest BCUT2D eigenvalue weighted by Gasteiger charge is 2.18. The number of fused-ring (bicyclic) bond motifs is 10. The highest BCUT2D eigenvalue weighted by atomic mass is 32.1. The summed E-state index contributed by atoms with van der Waals surface area (Å²) in [6.45, 7) is 0. The SMILES string of the molecule is c1ccc2cc(-c3ccc(-c4c5ccccc5c(-c5ccc(-c6ccc7cc8oc9cc%10c(cc9c8cc7c6)sc6ccccc6%10)cc5)c5ccccc45)cc3)ccc2c1. The molecule has 2 heteroatoms. The minimum absolute atomic E-state index is 0.931. The second kappa shape index (κ2) is 13.0. The smallest absolute Gasteiger partial charge is 0.136 e. The van der Waals surface area contributed by atoms with E-state index in [1.807, 2.05) is 11.3 Å². The van der Waals surface area contributed by atoms with Gasteiger partial charge in [-0.05, 0) is 130 Å². The molecule has 0 atom stereocenters. The summed E-state index contributed by atoms with van der Waals surface area (Å²) in [5.74, 6) is 0. The average molecular weight is 779 g/mol. The maximum absolute atomic E-state index is 6.49. The second-order valence-electron chi connectivity index (χ2n) is 16.0. The minimum atomic E-state index is 0.931. The molecule has 13 rings (SSSR count). The quantitative estimate of drug-likeness (QED) is 0.162. The highest BCUT2D eigenvalue weighted by molar-refractivity contribution is 7.25. The predicted octanol–water partition coefficient (Wildman–Crippen LogP) is 17.2. The summed E-state index contributed by atoms with van der Waals surface area (Å²) >= 11 is 1.85. The molecule has 0 spiro atoms. The van der Waals surface area contributed by atoms with Crippen LogP contribution in [0.3, 0.4) is 0 Å². The Bertz CT molecular complexity index is 3810. The number of rotatable bonds is 4. The van der Waals surface area contributed by atoms with E-state index in [0.29, 0.717) is 0 Å². The summed E-state index contributed by atoms with van der Waals surface area (Å²) < 4.78 is 9.09. The fraction of sp³-hybridized carbons (Fsp3) is 0. The van der Waals surface area contributed by atoms with Crippen molar-refractivity contribution in [3.05, 3.63) is 206 Å². The van der Waals surface area contributed by atoms with Crippen molar-refractivity contribution in [2.75, 3.05) is 0 Å². The fourth-order valence-electron chi connectivity index (χ4n) is 9.69. The van der Waals surface area contributed by atoms with Crippen LogP contribution in [0, 0.1) is 0 Å². The molecule has 0 bridgehead atoms. The van der Waals surface area contributed by atoms with E-state index in [-0.39, 0.29) is 0 Å². The van der Waals surface area contributed by atoms with Crippen molar-refractivity contribution in [2.24, 2.45) is 0 Å². The van der Waals surface area contributed by atoms with Gasteiger partial charge in [-0.3, -0.25) is 0 Å². The van der Waals surface area contributed by atoms with Gasteiger partial charge in [0.15, 0.2) is 0 Å². The Balaban J connectivity index is 0.885. The topological polar surface area (TPSA) is 13.1 Å². The van der Waals surface area contributed by atoms with E-state index in [1.165, 1.54) is 113 Å². The molecule has 0 saturated carbocycles. The molecule has 1 nitrogen and oxygen atoms in total. The molecule has 0 aliphatic carbocycles. The van der Waals surface area contributed by atoms with Crippen LogP contribution in [0.1, 0.15) is 0 Å². The first-order valence-electron chi connectivity index (χ1n) is 20.6. The third kappa shape index (κ3) is 5.18. The van der Waals surface area contributed by atoms with Gasteiger partial charge >= 0.3 is 0 Å². The molecule has 0 aliphatic rings. The fourth-order valence-corrected chi connectivity index (χ4v) is 10.8. The highest BCUT2D eigenvalue weighted by Crippen LogP contribution is 2.45. The Labute approximate surface area is 350 Å². The Morgan fingerprint density at radius 2 is 0.700 bits per heavy atom. The van der Waals surface area contributed by atoms with Crippen LogP contribution < -0.4 is 0 Å². The number of thiophene rings is 1. The van der Waals surface area contributed by atoms with Crippen LogP contribution in [0.15, 0.2) is 211 Å². The molecule has 278 valence electrons. The lowest BCUT2D eigenvalue weighted by atomic mass is 9.85. The number of benzene rings is 11. The third-order valence-electron chi connectivity index (χ3n) is 12.6. The van der Waals surface area contributed by atoms with Crippen LogP contribution in [-0.2, 0) is 0 Å². The van der Waals surface area contributed by atoms with Crippen molar-refractivity contribution in [1.29, 1.82) is 0 Å². The Morgan fingerprint density at radius 1 is 0.250 bits per heavy atom. The summed E-state index contributed by atoms with van der Waals surface area (Å²) in [4.78, 5) is 0. The summed E-state index contributed by atoms with van der Waals surface area (Å²) in [5.41, 5.74) is 11.7. The molecule has 0 saturated heterocycles. The molecule has 0 radical (unpaired) electrons. The molecule has 2 heterocycles. The molecule has 11 aromatic carbocycles. The van der Waals surface area contributed by atoms with Gasteiger partial charge in [-0.15, -0.1) is 11.3 Å². The summed E-state index contributed by atoms with van der Waals surface area (Å²) in [6.07, 6.45) is 0. The average Bonchev–Trinajstić information content (AvgIpc) is 3.85. The normalized spacial score (nSPS) is 12.0. The zero-order chi connectivity index (χ0) is 39.3. The van der Waals surface area contributed by atoms with Crippen LogP contribution in [0.2, 0.25) is 0 Å². The van der Waals surface area contributed by atoms with E-state index in [1.54, 1.807) is 0 Å². The standard InChI is InChI=1S/C58H34OS/c1-2-10-40-29-41(26-21-35(40)9-1)36-17-22-38(23-18-36)57-46-12-3-5-14-48(46)58(49-15-6-4-13-47(49)57)39-24-19-37(20-25-39)42-27-28-43-32-53-50(31-44(43)30-42)51-34-56-52(33-54(51)59-53)45-11-7-8-16-55(45)60-56/h1-34H. The first-order valence-corrected chi connectivity index (χ1v) is 21.4. The van der Waals surface area contributed by atoms with E-state index in [4.69, 9.17) is 4.42 Å². The molecule has 60 heavy (non-hydrogen) atoms. The first-order chi connectivity index (χ1) is 29.7. The lowest BCUT2D eigenvalue weighted by molar-refractivity contribution is 0.670. The monoisotopic (exact) mass is 778 g/mol. The van der Waals surface area contributed by atoms with Crippen LogP contribution in [0.5, 0.6) is 0 Å². The van der Waals surface area contributed by atoms with Gasteiger partial charge in [0.1, 0.15) is 11.2 Å². The van der Waals surface area contributed by atoms with E-state index < -0.39 is 0 Å². The van der Waals surface area contributed by atoms with Crippen molar-refractivity contribution in [1.82, 2.24) is 0 Å².